The third kappa shape index (κ3) is 9.12. The number of ether oxygens (including phenoxy) is 1. The van der Waals surface area contributed by atoms with Gasteiger partial charge >= 0.3 is 5.97 Å². The molecule has 0 fully saturated rings. The van der Waals surface area contributed by atoms with Gasteiger partial charge in [0.15, 0.2) is 0 Å². The van der Waals surface area contributed by atoms with Crippen molar-refractivity contribution in [3.05, 3.63) is 12.2 Å². The molecule has 0 aliphatic heterocycles. The van der Waals surface area contributed by atoms with E-state index < -0.39 is 0 Å². The van der Waals surface area contributed by atoms with Crippen molar-refractivity contribution in [2.24, 2.45) is 0 Å². The van der Waals surface area contributed by atoms with Gasteiger partial charge in [0.1, 0.15) is 0 Å². The van der Waals surface area contributed by atoms with E-state index in [9.17, 15) is 4.79 Å². The molecule has 0 radical (unpaired) electrons. The number of esters is 1. The number of unbranched alkanes of at least 4 members (excludes halogenated alkanes) is 1. The molecule has 0 aromatic heterocycles. The van der Waals surface area contributed by atoms with Crippen LogP contribution in [0.25, 0.3) is 0 Å². The van der Waals surface area contributed by atoms with Crippen molar-refractivity contribution < 1.29 is 9.53 Å². The van der Waals surface area contributed by atoms with E-state index in [0.717, 1.165) is 25.7 Å². The number of hydrogen-bond acceptors (Lipinski definition) is 2. The average Bonchev–Trinajstić information content (AvgIpc) is 2.14. The normalized spacial score (nSPS) is 10.6. The third-order valence-corrected chi connectivity index (χ3v) is 1.68. The molecule has 0 N–H and O–H groups in total. The van der Waals surface area contributed by atoms with E-state index in [1.165, 1.54) is 0 Å². The van der Waals surface area contributed by atoms with Crippen LogP contribution in [-0.4, -0.2) is 12.6 Å². The molecule has 0 rings (SSSR count). The van der Waals surface area contributed by atoms with Crippen LogP contribution >= 0.6 is 0 Å². The van der Waals surface area contributed by atoms with Gasteiger partial charge < -0.3 is 4.74 Å². The Labute approximate surface area is 81.0 Å². The highest BCUT2D eigenvalue weighted by Gasteiger charge is 1.99. The van der Waals surface area contributed by atoms with Crippen LogP contribution in [0, 0.1) is 0 Å². The van der Waals surface area contributed by atoms with Crippen molar-refractivity contribution in [1.29, 1.82) is 0 Å². The summed E-state index contributed by atoms with van der Waals surface area (Å²) < 4.78 is 5.00. The summed E-state index contributed by atoms with van der Waals surface area (Å²) in [5.74, 6) is -0.0632. The molecule has 0 saturated heterocycles. The maximum atomic E-state index is 11.0. The molecule has 0 unspecified atom stereocenters. The zero-order valence-electron chi connectivity index (χ0n) is 8.71. The van der Waals surface area contributed by atoms with E-state index in [0.29, 0.717) is 13.0 Å². The minimum atomic E-state index is -0.0632. The van der Waals surface area contributed by atoms with Crippen molar-refractivity contribution in [3.63, 3.8) is 0 Å². The van der Waals surface area contributed by atoms with Crippen molar-refractivity contribution in [2.75, 3.05) is 6.61 Å². The lowest BCUT2D eigenvalue weighted by Crippen LogP contribution is -2.04. The fourth-order valence-electron chi connectivity index (χ4n) is 0.919. The summed E-state index contributed by atoms with van der Waals surface area (Å²) in [5.41, 5.74) is 0. The predicted molar refractivity (Wildman–Crippen MR) is 54.5 cm³/mol. The number of carbonyl (C=O) groups excluding carboxylic acids is 1. The molecule has 0 saturated carbocycles. The molecule has 0 bridgehead atoms. The second kappa shape index (κ2) is 9.30. The van der Waals surface area contributed by atoms with Gasteiger partial charge in [-0.2, -0.15) is 0 Å². The lowest BCUT2D eigenvalue weighted by atomic mass is 10.2. The van der Waals surface area contributed by atoms with E-state index in [-0.39, 0.29) is 5.97 Å². The molecule has 13 heavy (non-hydrogen) atoms. The highest BCUT2D eigenvalue weighted by Crippen LogP contribution is 1.97. The van der Waals surface area contributed by atoms with Gasteiger partial charge in [-0.25, -0.2) is 0 Å². The van der Waals surface area contributed by atoms with Crippen LogP contribution in [0.5, 0.6) is 0 Å². The molecular weight excluding hydrogens is 164 g/mol. The van der Waals surface area contributed by atoms with E-state index in [1.807, 2.05) is 6.08 Å². The first-order valence-electron chi connectivity index (χ1n) is 5.11. The molecule has 0 amide bonds. The van der Waals surface area contributed by atoms with Crippen molar-refractivity contribution >= 4 is 5.97 Å². The minimum Gasteiger partial charge on any atom is -0.465 e. The molecule has 0 aliphatic carbocycles. The predicted octanol–water partition coefficient (Wildman–Crippen LogP) is 3.08. The fourth-order valence-corrected chi connectivity index (χ4v) is 0.919. The summed E-state index contributed by atoms with van der Waals surface area (Å²) in [5, 5.41) is 0. The Balaban J connectivity index is 3.21. The number of rotatable bonds is 7. The van der Waals surface area contributed by atoms with Crippen LogP contribution in [-0.2, 0) is 9.53 Å². The Morgan fingerprint density at radius 1 is 1.31 bits per heavy atom. The molecule has 0 aromatic carbocycles. The zero-order chi connectivity index (χ0) is 9.94. The first-order chi connectivity index (χ1) is 6.31. The van der Waals surface area contributed by atoms with E-state index in [2.05, 4.69) is 19.9 Å². The van der Waals surface area contributed by atoms with Crippen molar-refractivity contribution in [2.45, 2.75) is 46.0 Å². The van der Waals surface area contributed by atoms with Gasteiger partial charge in [0.25, 0.3) is 0 Å². The Bertz CT molecular complexity index is 150. The van der Waals surface area contributed by atoms with Crippen LogP contribution in [0.15, 0.2) is 12.2 Å². The number of allylic oxidation sites excluding steroid dienone is 1. The second-order valence-electron chi connectivity index (χ2n) is 2.99. The topological polar surface area (TPSA) is 26.3 Å². The van der Waals surface area contributed by atoms with E-state index >= 15 is 0 Å². The summed E-state index contributed by atoms with van der Waals surface area (Å²) >= 11 is 0. The summed E-state index contributed by atoms with van der Waals surface area (Å²) in [6, 6.07) is 0. The maximum Gasteiger partial charge on any atom is 0.305 e. The fraction of sp³-hybridized carbons (Fsp3) is 0.727. The Hall–Kier alpha value is -0.790. The zero-order valence-corrected chi connectivity index (χ0v) is 8.71. The molecule has 0 atom stereocenters. The lowest BCUT2D eigenvalue weighted by molar-refractivity contribution is -0.143. The van der Waals surface area contributed by atoms with Crippen molar-refractivity contribution in [3.8, 4) is 0 Å². The van der Waals surface area contributed by atoms with E-state index in [4.69, 9.17) is 4.74 Å². The summed E-state index contributed by atoms with van der Waals surface area (Å²) in [6.07, 6.45) is 8.56. The molecule has 0 heterocycles. The summed E-state index contributed by atoms with van der Waals surface area (Å²) in [6.45, 7) is 4.68. The van der Waals surface area contributed by atoms with Gasteiger partial charge in [-0.1, -0.05) is 32.4 Å². The third-order valence-electron chi connectivity index (χ3n) is 1.68. The summed E-state index contributed by atoms with van der Waals surface area (Å²) in [7, 11) is 0. The largest absolute Gasteiger partial charge is 0.465 e. The van der Waals surface area contributed by atoms with Crippen LogP contribution in [0.4, 0.5) is 0 Å². The first kappa shape index (κ1) is 12.2. The molecular formula is C11H20O2. The van der Waals surface area contributed by atoms with Gasteiger partial charge in [-0.3, -0.25) is 4.79 Å². The Morgan fingerprint density at radius 3 is 2.69 bits per heavy atom. The van der Waals surface area contributed by atoms with Gasteiger partial charge in [0.05, 0.1) is 6.61 Å². The summed E-state index contributed by atoms with van der Waals surface area (Å²) in [4.78, 5) is 11.0. The van der Waals surface area contributed by atoms with Crippen LogP contribution in [0.1, 0.15) is 46.0 Å². The smallest absolute Gasteiger partial charge is 0.305 e. The molecule has 0 spiro atoms. The standard InChI is InChI=1S/C11H20O2/c1-3-5-7-8-10-13-11(12)9-6-4-2/h5,7H,3-4,6,8-10H2,1-2H3/b7-5+. The number of hydrogen-bond donors (Lipinski definition) is 0. The average molecular weight is 184 g/mol. The quantitative estimate of drug-likeness (QED) is 0.345. The Kier molecular flexibility index (Phi) is 8.73. The van der Waals surface area contributed by atoms with Crippen LogP contribution in [0.2, 0.25) is 0 Å². The minimum absolute atomic E-state index is 0.0632. The van der Waals surface area contributed by atoms with Gasteiger partial charge in [-0.15, -0.1) is 0 Å². The maximum absolute atomic E-state index is 11.0. The SMILES string of the molecule is CC/C=C/CCOC(=O)CCCC. The highest BCUT2D eigenvalue weighted by molar-refractivity contribution is 5.69. The Morgan fingerprint density at radius 2 is 2.08 bits per heavy atom. The lowest BCUT2D eigenvalue weighted by Gasteiger charge is -2.01. The van der Waals surface area contributed by atoms with Crippen molar-refractivity contribution in [1.82, 2.24) is 0 Å². The van der Waals surface area contributed by atoms with Crippen LogP contribution in [0.3, 0.4) is 0 Å². The molecule has 76 valence electrons. The first-order valence-corrected chi connectivity index (χ1v) is 5.11. The number of carbonyl (C=O) groups is 1. The van der Waals surface area contributed by atoms with E-state index in [1.54, 1.807) is 0 Å². The van der Waals surface area contributed by atoms with Gasteiger partial charge in [0.2, 0.25) is 0 Å². The van der Waals surface area contributed by atoms with Crippen LogP contribution < -0.4 is 0 Å². The van der Waals surface area contributed by atoms with Gasteiger partial charge in [0, 0.05) is 6.42 Å². The molecule has 0 aromatic rings. The highest BCUT2D eigenvalue weighted by atomic mass is 16.5. The second-order valence-corrected chi connectivity index (χ2v) is 2.99. The van der Waals surface area contributed by atoms with Gasteiger partial charge in [-0.05, 0) is 19.3 Å². The molecule has 0 aliphatic rings. The monoisotopic (exact) mass is 184 g/mol. The molecule has 2 heteroatoms. The molecule has 2 nitrogen and oxygen atoms in total.